The van der Waals surface area contributed by atoms with E-state index in [4.69, 9.17) is 0 Å². The molecule has 1 aliphatic rings. The summed E-state index contributed by atoms with van der Waals surface area (Å²) in [4.78, 5) is 30.4. The van der Waals surface area contributed by atoms with Crippen molar-refractivity contribution >= 4 is 23.6 Å². The van der Waals surface area contributed by atoms with Crippen molar-refractivity contribution in [2.45, 2.75) is 32.6 Å². The zero-order valence-electron chi connectivity index (χ0n) is 15.4. The number of nitrogens with one attached hydrogen (secondary N) is 1. The topological polar surface area (TPSA) is 62.3 Å². The lowest BCUT2D eigenvalue weighted by Crippen LogP contribution is -2.43. The smallest absolute Gasteiger partial charge is 0.229 e. The SMILES string of the molecule is CSCC(=O)NCC(C)C1CCN(C(=O)C(C)c2cccnc2)CC1. The van der Waals surface area contributed by atoms with E-state index < -0.39 is 0 Å². The maximum atomic E-state index is 12.7. The lowest BCUT2D eigenvalue weighted by Gasteiger charge is -2.36. The first-order valence-electron chi connectivity index (χ1n) is 8.97. The molecule has 0 saturated carbocycles. The van der Waals surface area contributed by atoms with Crippen LogP contribution in [-0.2, 0) is 9.59 Å². The molecule has 6 heteroatoms. The van der Waals surface area contributed by atoms with Gasteiger partial charge < -0.3 is 10.2 Å². The Hall–Kier alpha value is -1.56. The summed E-state index contributed by atoms with van der Waals surface area (Å²) in [6, 6.07) is 3.83. The molecule has 0 spiro atoms. The molecule has 0 radical (unpaired) electrons. The Morgan fingerprint density at radius 3 is 2.68 bits per heavy atom. The Morgan fingerprint density at radius 2 is 2.08 bits per heavy atom. The lowest BCUT2D eigenvalue weighted by molar-refractivity contribution is -0.134. The van der Waals surface area contributed by atoms with Crippen molar-refractivity contribution in [3.05, 3.63) is 30.1 Å². The van der Waals surface area contributed by atoms with Gasteiger partial charge in [-0.1, -0.05) is 13.0 Å². The summed E-state index contributed by atoms with van der Waals surface area (Å²) in [5, 5.41) is 3.01. The molecule has 0 bridgehead atoms. The Kier molecular flexibility index (Phi) is 7.75. The molecule has 2 rings (SSSR count). The molecule has 5 nitrogen and oxygen atoms in total. The van der Waals surface area contributed by atoms with Gasteiger partial charge in [-0.3, -0.25) is 14.6 Å². The van der Waals surface area contributed by atoms with Crippen molar-refractivity contribution in [2.24, 2.45) is 11.8 Å². The Labute approximate surface area is 155 Å². The van der Waals surface area contributed by atoms with Crippen LogP contribution < -0.4 is 5.32 Å². The molecule has 138 valence electrons. The third-order valence-electron chi connectivity index (χ3n) is 5.11. The molecule has 0 aromatic carbocycles. The average Bonchev–Trinajstić information content (AvgIpc) is 2.66. The van der Waals surface area contributed by atoms with Gasteiger partial charge in [0.25, 0.3) is 0 Å². The number of pyridine rings is 1. The molecule has 1 aromatic rings. The van der Waals surface area contributed by atoms with Crippen LogP contribution in [-0.4, -0.2) is 53.3 Å². The lowest BCUT2D eigenvalue weighted by atomic mass is 9.85. The first-order chi connectivity index (χ1) is 12.0. The molecule has 1 N–H and O–H groups in total. The molecule has 25 heavy (non-hydrogen) atoms. The van der Waals surface area contributed by atoms with Crippen molar-refractivity contribution in [1.82, 2.24) is 15.2 Å². The molecule has 1 aliphatic heterocycles. The van der Waals surface area contributed by atoms with Gasteiger partial charge in [0.15, 0.2) is 0 Å². The van der Waals surface area contributed by atoms with Crippen LogP contribution in [0.1, 0.15) is 38.2 Å². The summed E-state index contributed by atoms with van der Waals surface area (Å²) in [5.41, 5.74) is 0.972. The molecular weight excluding hydrogens is 334 g/mol. The number of likely N-dealkylation sites (tertiary alicyclic amines) is 1. The molecule has 1 fully saturated rings. The fourth-order valence-corrected chi connectivity index (χ4v) is 3.73. The Bertz CT molecular complexity index is 559. The molecule has 1 saturated heterocycles. The van der Waals surface area contributed by atoms with Crippen LogP contribution in [0.15, 0.2) is 24.5 Å². The number of amides is 2. The van der Waals surface area contributed by atoms with Crippen LogP contribution in [0.3, 0.4) is 0 Å². The van der Waals surface area contributed by atoms with Gasteiger partial charge in [0.1, 0.15) is 0 Å². The summed E-state index contributed by atoms with van der Waals surface area (Å²) >= 11 is 1.54. The number of rotatable bonds is 7. The van der Waals surface area contributed by atoms with E-state index in [0.29, 0.717) is 17.6 Å². The third kappa shape index (κ3) is 5.73. The van der Waals surface area contributed by atoms with Crippen LogP contribution in [0.4, 0.5) is 0 Å². The number of carbonyl (C=O) groups excluding carboxylic acids is 2. The van der Waals surface area contributed by atoms with Crippen LogP contribution in [0.2, 0.25) is 0 Å². The molecule has 1 aromatic heterocycles. The zero-order valence-corrected chi connectivity index (χ0v) is 16.2. The van der Waals surface area contributed by atoms with Gasteiger partial charge in [0.05, 0.1) is 11.7 Å². The van der Waals surface area contributed by atoms with Gasteiger partial charge in [-0.2, -0.15) is 11.8 Å². The largest absolute Gasteiger partial charge is 0.355 e. The summed E-state index contributed by atoms with van der Waals surface area (Å²) in [6.45, 7) is 6.48. The quantitative estimate of drug-likeness (QED) is 0.809. The number of nitrogens with zero attached hydrogens (tertiary/aromatic N) is 2. The number of carbonyl (C=O) groups is 2. The Morgan fingerprint density at radius 1 is 1.36 bits per heavy atom. The maximum absolute atomic E-state index is 12.7. The zero-order chi connectivity index (χ0) is 18.2. The highest BCUT2D eigenvalue weighted by molar-refractivity contribution is 7.99. The molecular formula is C19H29N3O2S. The fraction of sp³-hybridized carbons (Fsp3) is 0.632. The second-order valence-electron chi connectivity index (χ2n) is 6.89. The summed E-state index contributed by atoms with van der Waals surface area (Å²) in [5.74, 6) is 1.68. The molecule has 2 heterocycles. The summed E-state index contributed by atoms with van der Waals surface area (Å²) in [6.07, 6.45) is 7.44. The normalized spacial score (nSPS) is 17.8. The van der Waals surface area contributed by atoms with Crippen molar-refractivity contribution in [1.29, 1.82) is 0 Å². The van der Waals surface area contributed by atoms with E-state index in [-0.39, 0.29) is 17.7 Å². The van der Waals surface area contributed by atoms with Crippen LogP contribution >= 0.6 is 11.8 Å². The minimum absolute atomic E-state index is 0.109. The fourth-order valence-electron chi connectivity index (χ4n) is 3.36. The molecule has 2 amide bonds. The highest BCUT2D eigenvalue weighted by atomic mass is 32.2. The number of piperidine rings is 1. The van der Waals surface area contributed by atoms with Gasteiger partial charge in [-0.25, -0.2) is 0 Å². The molecule has 2 atom stereocenters. The predicted octanol–water partition coefficient (Wildman–Crippen LogP) is 2.54. The van der Waals surface area contributed by atoms with Crippen molar-refractivity contribution in [2.75, 3.05) is 31.6 Å². The van der Waals surface area contributed by atoms with Crippen LogP contribution in [0.25, 0.3) is 0 Å². The second-order valence-corrected chi connectivity index (χ2v) is 7.75. The van der Waals surface area contributed by atoms with E-state index in [1.165, 1.54) is 0 Å². The highest BCUT2D eigenvalue weighted by Crippen LogP contribution is 2.27. The second kappa shape index (κ2) is 9.80. The van der Waals surface area contributed by atoms with E-state index in [1.807, 2.05) is 30.2 Å². The molecule has 0 aliphatic carbocycles. The van der Waals surface area contributed by atoms with E-state index in [2.05, 4.69) is 17.2 Å². The third-order valence-corrected chi connectivity index (χ3v) is 5.66. The first-order valence-corrected chi connectivity index (χ1v) is 10.4. The van der Waals surface area contributed by atoms with Crippen molar-refractivity contribution < 1.29 is 9.59 Å². The van der Waals surface area contributed by atoms with E-state index in [0.717, 1.165) is 38.0 Å². The summed E-state index contributed by atoms with van der Waals surface area (Å²) in [7, 11) is 0. The predicted molar refractivity (Wildman–Crippen MR) is 103 cm³/mol. The van der Waals surface area contributed by atoms with Crippen molar-refractivity contribution in [3.8, 4) is 0 Å². The summed E-state index contributed by atoms with van der Waals surface area (Å²) < 4.78 is 0. The number of hydrogen-bond donors (Lipinski definition) is 1. The maximum Gasteiger partial charge on any atom is 0.229 e. The van der Waals surface area contributed by atoms with Gasteiger partial charge >= 0.3 is 0 Å². The van der Waals surface area contributed by atoms with E-state index in [9.17, 15) is 9.59 Å². The van der Waals surface area contributed by atoms with Crippen LogP contribution in [0.5, 0.6) is 0 Å². The minimum atomic E-state index is -0.145. The number of hydrogen-bond acceptors (Lipinski definition) is 4. The first kappa shape index (κ1) is 19.8. The number of thioether (sulfide) groups is 1. The van der Waals surface area contributed by atoms with Crippen molar-refractivity contribution in [3.63, 3.8) is 0 Å². The Balaban J connectivity index is 1.78. The van der Waals surface area contributed by atoms with Gasteiger partial charge in [-0.05, 0) is 49.5 Å². The molecule has 2 unspecified atom stereocenters. The van der Waals surface area contributed by atoms with Crippen LogP contribution in [0, 0.1) is 11.8 Å². The average molecular weight is 364 g/mol. The van der Waals surface area contributed by atoms with E-state index in [1.54, 1.807) is 24.2 Å². The number of aromatic nitrogens is 1. The van der Waals surface area contributed by atoms with E-state index >= 15 is 0 Å². The minimum Gasteiger partial charge on any atom is -0.355 e. The van der Waals surface area contributed by atoms with Gasteiger partial charge in [0.2, 0.25) is 11.8 Å². The van der Waals surface area contributed by atoms with Gasteiger partial charge in [-0.15, -0.1) is 0 Å². The monoisotopic (exact) mass is 363 g/mol. The highest BCUT2D eigenvalue weighted by Gasteiger charge is 2.29. The van der Waals surface area contributed by atoms with Gasteiger partial charge in [0, 0.05) is 32.0 Å². The standard InChI is InChI=1S/C19H29N3O2S/c1-14(11-21-18(23)13-25-3)16-6-9-22(10-7-16)19(24)15(2)17-5-4-8-20-12-17/h4-5,8,12,14-16H,6-7,9-11,13H2,1-3H3,(H,21,23).